The van der Waals surface area contributed by atoms with Crippen LogP contribution in [0.2, 0.25) is 0 Å². The van der Waals surface area contributed by atoms with Gasteiger partial charge in [-0.25, -0.2) is 9.97 Å². The van der Waals surface area contributed by atoms with Crippen LogP contribution >= 0.6 is 0 Å². The summed E-state index contributed by atoms with van der Waals surface area (Å²) in [7, 11) is 0. The van der Waals surface area contributed by atoms with Gasteiger partial charge in [0.1, 0.15) is 23.4 Å². The van der Waals surface area contributed by atoms with E-state index in [2.05, 4.69) is 19.9 Å². The van der Waals surface area contributed by atoms with E-state index in [4.69, 9.17) is 10.5 Å². The van der Waals surface area contributed by atoms with Crippen molar-refractivity contribution in [3.8, 4) is 0 Å². The first-order valence-electron chi connectivity index (χ1n) is 8.90. The van der Waals surface area contributed by atoms with E-state index in [1.807, 2.05) is 6.07 Å². The number of pyridine rings is 1. The van der Waals surface area contributed by atoms with Gasteiger partial charge >= 0.3 is 0 Å². The van der Waals surface area contributed by atoms with Crippen LogP contribution in [0.3, 0.4) is 0 Å². The molecular formula is C18H22N6O2. The Bertz CT molecular complexity index is 793. The molecule has 2 aromatic rings. The normalized spacial score (nSPS) is 20.4. The van der Waals surface area contributed by atoms with Crippen LogP contribution in [0.25, 0.3) is 0 Å². The average molecular weight is 354 g/mol. The summed E-state index contributed by atoms with van der Waals surface area (Å²) in [6, 6.07) is 3.65. The Morgan fingerprint density at radius 1 is 1.12 bits per heavy atom. The minimum absolute atomic E-state index is 0.0244. The molecular weight excluding hydrogens is 332 g/mol. The summed E-state index contributed by atoms with van der Waals surface area (Å²) in [6.45, 7) is 3.38. The number of carbonyl (C=O) groups excluding carboxylic acids is 1. The minimum Gasteiger partial charge on any atom is -0.382 e. The molecule has 1 atom stereocenters. The second kappa shape index (κ2) is 7.25. The number of hydrogen-bond donors (Lipinski definition) is 1. The van der Waals surface area contributed by atoms with Gasteiger partial charge in [0.05, 0.1) is 13.2 Å². The minimum atomic E-state index is -0.360. The Morgan fingerprint density at radius 2 is 1.92 bits per heavy atom. The maximum absolute atomic E-state index is 13.0. The second-order valence-corrected chi connectivity index (χ2v) is 6.53. The van der Waals surface area contributed by atoms with Gasteiger partial charge in [0.15, 0.2) is 0 Å². The Balaban J connectivity index is 1.51. The van der Waals surface area contributed by atoms with Crippen LogP contribution < -0.4 is 10.6 Å². The Labute approximate surface area is 152 Å². The molecule has 136 valence electrons. The van der Waals surface area contributed by atoms with Crippen molar-refractivity contribution in [1.82, 2.24) is 19.9 Å². The third kappa shape index (κ3) is 3.32. The zero-order valence-electron chi connectivity index (χ0n) is 14.5. The fourth-order valence-electron chi connectivity index (χ4n) is 3.46. The van der Waals surface area contributed by atoms with Crippen LogP contribution in [0.15, 0.2) is 30.7 Å². The van der Waals surface area contributed by atoms with Crippen LogP contribution in [0, 0.1) is 0 Å². The van der Waals surface area contributed by atoms with Crippen molar-refractivity contribution in [1.29, 1.82) is 0 Å². The van der Waals surface area contributed by atoms with Gasteiger partial charge in [-0.3, -0.25) is 9.78 Å². The largest absolute Gasteiger partial charge is 0.382 e. The Morgan fingerprint density at radius 3 is 2.73 bits per heavy atom. The molecule has 0 unspecified atom stereocenters. The van der Waals surface area contributed by atoms with Crippen LogP contribution in [0.4, 0.5) is 11.6 Å². The number of nitrogen functional groups attached to an aromatic ring is 1. The SMILES string of the molecule is Nc1nccnc1[C@@H]1CN(C(=O)c2ccnc(N3CCCC3)c2)CCO1. The van der Waals surface area contributed by atoms with Crippen LogP contribution in [-0.2, 0) is 4.74 Å². The van der Waals surface area contributed by atoms with E-state index in [9.17, 15) is 4.79 Å². The zero-order chi connectivity index (χ0) is 17.9. The number of nitrogens with zero attached hydrogens (tertiary/aromatic N) is 5. The highest BCUT2D eigenvalue weighted by Crippen LogP contribution is 2.25. The highest BCUT2D eigenvalue weighted by molar-refractivity contribution is 5.95. The summed E-state index contributed by atoms with van der Waals surface area (Å²) >= 11 is 0. The number of ether oxygens (including phenoxy) is 1. The Kier molecular flexibility index (Phi) is 4.66. The summed E-state index contributed by atoms with van der Waals surface area (Å²) in [6.07, 6.45) is 6.82. The molecule has 0 aromatic carbocycles. The van der Waals surface area contributed by atoms with E-state index in [0.717, 1.165) is 18.9 Å². The van der Waals surface area contributed by atoms with Crippen molar-refractivity contribution in [3.05, 3.63) is 42.0 Å². The van der Waals surface area contributed by atoms with Gasteiger partial charge in [-0.1, -0.05) is 0 Å². The van der Waals surface area contributed by atoms with Gasteiger partial charge in [-0.15, -0.1) is 0 Å². The lowest BCUT2D eigenvalue weighted by molar-refractivity contribution is -0.0245. The van der Waals surface area contributed by atoms with Gasteiger partial charge < -0.3 is 20.3 Å². The van der Waals surface area contributed by atoms with Gasteiger partial charge in [-0.05, 0) is 25.0 Å². The third-order valence-electron chi connectivity index (χ3n) is 4.84. The molecule has 0 radical (unpaired) electrons. The highest BCUT2D eigenvalue weighted by Gasteiger charge is 2.29. The molecule has 8 nitrogen and oxygen atoms in total. The van der Waals surface area contributed by atoms with Crippen molar-refractivity contribution >= 4 is 17.5 Å². The predicted molar refractivity (Wildman–Crippen MR) is 96.7 cm³/mol. The van der Waals surface area contributed by atoms with Gasteiger partial charge in [-0.2, -0.15) is 0 Å². The van der Waals surface area contributed by atoms with Crippen LogP contribution in [0.5, 0.6) is 0 Å². The maximum Gasteiger partial charge on any atom is 0.254 e. The quantitative estimate of drug-likeness (QED) is 0.886. The van der Waals surface area contributed by atoms with Crippen LogP contribution in [-0.4, -0.2) is 58.5 Å². The molecule has 4 heterocycles. The monoisotopic (exact) mass is 354 g/mol. The fourth-order valence-corrected chi connectivity index (χ4v) is 3.46. The van der Waals surface area contributed by atoms with Gasteiger partial charge in [0.25, 0.3) is 5.91 Å². The molecule has 26 heavy (non-hydrogen) atoms. The summed E-state index contributed by atoms with van der Waals surface area (Å²) in [5.41, 5.74) is 7.13. The van der Waals surface area contributed by atoms with Crippen LogP contribution in [0.1, 0.15) is 35.0 Å². The maximum atomic E-state index is 13.0. The molecule has 0 saturated carbocycles. The zero-order valence-corrected chi connectivity index (χ0v) is 14.5. The molecule has 0 aliphatic carbocycles. The third-order valence-corrected chi connectivity index (χ3v) is 4.84. The van der Waals surface area contributed by atoms with E-state index in [0.29, 0.717) is 36.8 Å². The molecule has 2 aromatic heterocycles. The van der Waals surface area contributed by atoms with E-state index in [-0.39, 0.29) is 12.0 Å². The topological polar surface area (TPSA) is 97.5 Å². The summed E-state index contributed by atoms with van der Waals surface area (Å²) in [5, 5.41) is 0. The summed E-state index contributed by atoms with van der Waals surface area (Å²) < 4.78 is 5.77. The summed E-state index contributed by atoms with van der Waals surface area (Å²) in [5.74, 6) is 1.19. The van der Waals surface area contributed by atoms with E-state index >= 15 is 0 Å². The molecule has 4 rings (SSSR count). The molecule has 2 aliphatic rings. The van der Waals surface area contributed by atoms with Crippen molar-refractivity contribution in [3.63, 3.8) is 0 Å². The molecule has 2 fully saturated rings. The predicted octanol–water partition coefficient (Wildman–Crippen LogP) is 1.27. The summed E-state index contributed by atoms with van der Waals surface area (Å²) in [4.78, 5) is 29.7. The number of morpholine rings is 1. The number of rotatable bonds is 3. The molecule has 1 amide bonds. The molecule has 8 heteroatoms. The van der Waals surface area contributed by atoms with E-state index in [1.165, 1.54) is 12.8 Å². The first-order chi connectivity index (χ1) is 12.7. The smallest absolute Gasteiger partial charge is 0.254 e. The van der Waals surface area contributed by atoms with Crippen molar-refractivity contribution in [2.75, 3.05) is 43.4 Å². The first-order valence-corrected chi connectivity index (χ1v) is 8.90. The lowest BCUT2D eigenvalue weighted by atomic mass is 10.1. The molecule has 2 saturated heterocycles. The highest BCUT2D eigenvalue weighted by atomic mass is 16.5. The van der Waals surface area contributed by atoms with Gasteiger partial charge in [0, 0.05) is 43.8 Å². The van der Waals surface area contributed by atoms with Crippen molar-refractivity contribution < 1.29 is 9.53 Å². The molecule has 2 N–H and O–H groups in total. The lowest BCUT2D eigenvalue weighted by Crippen LogP contribution is -2.42. The second-order valence-electron chi connectivity index (χ2n) is 6.53. The van der Waals surface area contributed by atoms with Gasteiger partial charge in [0.2, 0.25) is 0 Å². The molecule has 2 aliphatic heterocycles. The van der Waals surface area contributed by atoms with Crippen molar-refractivity contribution in [2.24, 2.45) is 0 Å². The number of hydrogen-bond acceptors (Lipinski definition) is 7. The number of anilines is 2. The fraction of sp³-hybridized carbons (Fsp3) is 0.444. The van der Waals surface area contributed by atoms with E-state index < -0.39 is 0 Å². The Hall–Kier alpha value is -2.74. The van der Waals surface area contributed by atoms with Crippen molar-refractivity contribution in [2.45, 2.75) is 18.9 Å². The molecule has 0 bridgehead atoms. The molecule has 0 spiro atoms. The van der Waals surface area contributed by atoms with E-state index in [1.54, 1.807) is 29.6 Å². The number of carbonyl (C=O) groups is 1. The average Bonchev–Trinajstić information content (AvgIpc) is 3.23. The first kappa shape index (κ1) is 16.7. The number of aromatic nitrogens is 3. The lowest BCUT2D eigenvalue weighted by Gasteiger charge is -2.33. The number of nitrogens with two attached hydrogens (primary N) is 1. The number of amides is 1. The standard InChI is InChI=1S/C18H22N6O2/c19-17-16(21-5-6-22-17)14-12-24(9-10-26-14)18(25)13-3-4-20-15(11-13)23-7-1-2-8-23/h3-6,11,14H,1-2,7-10,12H2,(H2,19,22)/t14-/m0/s1.